The molecule has 0 heterocycles. The third-order valence-corrected chi connectivity index (χ3v) is 3.52. The van der Waals surface area contributed by atoms with Gasteiger partial charge < -0.3 is 9.47 Å². The zero-order valence-corrected chi connectivity index (χ0v) is 13.2. The molecule has 0 radical (unpaired) electrons. The molecule has 3 heteroatoms. The molecule has 0 bridgehead atoms. The predicted molar refractivity (Wildman–Crippen MR) is 88.2 cm³/mol. The SMILES string of the molecule is C=CC[C@H](C[C@H](OCOC)c1ccccc1)N(C)CC=C. The van der Waals surface area contributed by atoms with E-state index < -0.39 is 0 Å². The van der Waals surface area contributed by atoms with Crippen LogP contribution in [0.5, 0.6) is 0 Å². The van der Waals surface area contributed by atoms with Gasteiger partial charge in [0, 0.05) is 19.7 Å². The molecule has 1 aromatic carbocycles. The highest BCUT2D eigenvalue weighted by Crippen LogP contribution is 2.25. The van der Waals surface area contributed by atoms with Crippen LogP contribution in [0.2, 0.25) is 0 Å². The Morgan fingerprint density at radius 1 is 1.19 bits per heavy atom. The molecule has 1 rings (SSSR count). The van der Waals surface area contributed by atoms with Gasteiger partial charge in [0.2, 0.25) is 0 Å². The van der Waals surface area contributed by atoms with Gasteiger partial charge in [0.25, 0.3) is 0 Å². The van der Waals surface area contributed by atoms with Gasteiger partial charge in [-0.3, -0.25) is 4.90 Å². The second-order valence-electron chi connectivity index (χ2n) is 5.11. The highest BCUT2D eigenvalue weighted by Gasteiger charge is 2.20. The first-order valence-electron chi connectivity index (χ1n) is 7.30. The van der Waals surface area contributed by atoms with Crippen molar-refractivity contribution in [3.63, 3.8) is 0 Å². The molecule has 0 fully saturated rings. The van der Waals surface area contributed by atoms with Gasteiger partial charge in [-0.05, 0) is 25.5 Å². The maximum atomic E-state index is 5.87. The van der Waals surface area contributed by atoms with Crippen molar-refractivity contribution < 1.29 is 9.47 Å². The van der Waals surface area contributed by atoms with E-state index in [1.54, 1.807) is 7.11 Å². The minimum absolute atomic E-state index is 0.0170. The Balaban J connectivity index is 2.80. The predicted octanol–water partition coefficient (Wildman–Crippen LogP) is 3.80. The number of ether oxygens (including phenoxy) is 2. The Hall–Kier alpha value is -1.42. The summed E-state index contributed by atoms with van der Waals surface area (Å²) in [6, 6.07) is 10.6. The lowest BCUT2D eigenvalue weighted by Crippen LogP contribution is -2.33. The monoisotopic (exact) mass is 289 g/mol. The lowest BCUT2D eigenvalue weighted by atomic mass is 9.99. The van der Waals surface area contributed by atoms with E-state index in [2.05, 4.69) is 37.2 Å². The van der Waals surface area contributed by atoms with Crippen LogP contribution in [0.25, 0.3) is 0 Å². The Morgan fingerprint density at radius 2 is 1.90 bits per heavy atom. The van der Waals surface area contributed by atoms with E-state index in [4.69, 9.17) is 9.47 Å². The van der Waals surface area contributed by atoms with Gasteiger partial charge in [-0.25, -0.2) is 0 Å². The van der Waals surface area contributed by atoms with Crippen LogP contribution in [0.4, 0.5) is 0 Å². The molecule has 0 aliphatic rings. The Kier molecular flexibility index (Phi) is 8.67. The second kappa shape index (κ2) is 10.3. The van der Waals surface area contributed by atoms with E-state index in [1.165, 1.54) is 5.56 Å². The summed E-state index contributed by atoms with van der Waals surface area (Å²) in [5.74, 6) is 0. The zero-order valence-electron chi connectivity index (χ0n) is 13.2. The molecule has 0 aliphatic heterocycles. The van der Waals surface area contributed by atoms with Crippen molar-refractivity contribution >= 4 is 0 Å². The van der Waals surface area contributed by atoms with E-state index >= 15 is 0 Å². The van der Waals surface area contributed by atoms with Crippen molar-refractivity contribution in [1.29, 1.82) is 0 Å². The van der Waals surface area contributed by atoms with Crippen molar-refractivity contribution in [2.45, 2.75) is 25.0 Å². The number of rotatable bonds is 11. The minimum atomic E-state index is 0.0170. The summed E-state index contributed by atoms with van der Waals surface area (Å²) in [6.07, 6.45) is 5.71. The van der Waals surface area contributed by atoms with Gasteiger partial charge in [-0.1, -0.05) is 42.5 Å². The van der Waals surface area contributed by atoms with Gasteiger partial charge in [0.1, 0.15) is 6.79 Å². The topological polar surface area (TPSA) is 21.7 Å². The first kappa shape index (κ1) is 17.6. The second-order valence-corrected chi connectivity index (χ2v) is 5.11. The minimum Gasteiger partial charge on any atom is -0.359 e. The molecule has 2 atom stereocenters. The first-order chi connectivity index (χ1) is 10.2. The molecule has 0 aliphatic carbocycles. The Bertz CT molecular complexity index is 405. The van der Waals surface area contributed by atoms with Crippen molar-refractivity contribution in [3.8, 4) is 0 Å². The largest absolute Gasteiger partial charge is 0.359 e. The molecule has 0 amide bonds. The summed E-state index contributed by atoms with van der Waals surface area (Å²) >= 11 is 0. The number of hydrogen-bond acceptors (Lipinski definition) is 3. The molecule has 0 spiro atoms. The quantitative estimate of drug-likeness (QED) is 0.457. The molecular formula is C18H27NO2. The molecule has 0 N–H and O–H groups in total. The number of nitrogens with zero attached hydrogens (tertiary/aromatic N) is 1. The fourth-order valence-electron chi connectivity index (χ4n) is 2.37. The van der Waals surface area contributed by atoms with Gasteiger partial charge in [-0.15, -0.1) is 13.2 Å². The third-order valence-electron chi connectivity index (χ3n) is 3.52. The number of hydrogen-bond donors (Lipinski definition) is 0. The summed E-state index contributed by atoms with van der Waals surface area (Å²) in [5.41, 5.74) is 1.18. The van der Waals surface area contributed by atoms with E-state index in [0.717, 1.165) is 19.4 Å². The fourth-order valence-corrected chi connectivity index (χ4v) is 2.37. The summed E-state index contributed by atoms with van der Waals surface area (Å²) < 4.78 is 10.9. The first-order valence-corrected chi connectivity index (χ1v) is 7.30. The average Bonchev–Trinajstić information content (AvgIpc) is 2.51. The molecule has 3 nitrogen and oxygen atoms in total. The van der Waals surface area contributed by atoms with E-state index in [1.807, 2.05) is 30.4 Å². The van der Waals surface area contributed by atoms with Crippen LogP contribution in [0, 0.1) is 0 Å². The van der Waals surface area contributed by atoms with Gasteiger partial charge in [0.05, 0.1) is 6.10 Å². The standard InChI is InChI=1S/C18H27NO2/c1-5-10-17(19(3)13-6-2)14-18(21-15-20-4)16-11-8-7-9-12-16/h5-9,11-12,17-18H,1-2,10,13-15H2,3-4H3/t17-,18+/m1/s1. The summed E-state index contributed by atoms with van der Waals surface area (Å²) in [4.78, 5) is 2.28. The van der Waals surface area contributed by atoms with Crippen LogP contribution >= 0.6 is 0 Å². The number of likely N-dealkylation sites (N-methyl/N-ethyl adjacent to an activating group) is 1. The Labute approximate surface area is 128 Å². The van der Waals surface area contributed by atoms with Crippen LogP contribution in [-0.4, -0.2) is 38.4 Å². The van der Waals surface area contributed by atoms with Crippen molar-refractivity contribution in [3.05, 3.63) is 61.2 Å². The van der Waals surface area contributed by atoms with E-state index in [0.29, 0.717) is 12.8 Å². The van der Waals surface area contributed by atoms with E-state index in [9.17, 15) is 0 Å². The van der Waals surface area contributed by atoms with Crippen LogP contribution in [-0.2, 0) is 9.47 Å². The average molecular weight is 289 g/mol. The third kappa shape index (κ3) is 6.25. The molecule has 21 heavy (non-hydrogen) atoms. The smallest absolute Gasteiger partial charge is 0.147 e. The molecule has 0 unspecified atom stereocenters. The zero-order chi connectivity index (χ0) is 15.5. The number of methoxy groups -OCH3 is 1. The van der Waals surface area contributed by atoms with Crippen molar-refractivity contribution in [2.24, 2.45) is 0 Å². The maximum Gasteiger partial charge on any atom is 0.147 e. The van der Waals surface area contributed by atoms with Gasteiger partial charge in [-0.2, -0.15) is 0 Å². The summed E-state index contributed by atoms with van der Waals surface area (Å²) in [5, 5.41) is 0. The normalized spacial score (nSPS) is 13.9. The van der Waals surface area contributed by atoms with Crippen LogP contribution in [0.1, 0.15) is 24.5 Å². The van der Waals surface area contributed by atoms with Crippen LogP contribution in [0.15, 0.2) is 55.6 Å². The highest BCUT2D eigenvalue weighted by atomic mass is 16.7. The summed E-state index contributed by atoms with van der Waals surface area (Å²) in [7, 11) is 3.75. The number of benzene rings is 1. The van der Waals surface area contributed by atoms with Gasteiger partial charge in [0.15, 0.2) is 0 Å². The van der Waals surface area contributed by atoms with Crippen LogP contribution in [0.3, 0.4) is 0 Å². The summed E-state index contributed by atoms with van der Waals surface area (Å²) in [6.45, 7) is 8.83. The fraction of sp³-hybridized carbons (Fsp3) is 0.444. The van der Waals surface area contributed by atoms with Crippen molar-refractivity contribution in [2.75, 3.05) is 27.5 Å². The molecule has 0 saturated heterocycles. The molecule has 1 aromatic rings. The lowest BCUT2D eigenvalue weighted by molar-refractivity contribution is -0.0817. The Morgan fingerprint density at radius 3 is 2.48 bits per heavy atom. The van der Waals surface area contributed by atoms with Gasteiger partial charge >= 0.3 is 0 Å². The van der Waals surface area contributed by atoms with Crippen LogP contribution < -0.4 is 0 Å². The molecule has 0 aromatic heterocycles. The van der Waals surface area contributed by atoms with E-state index in [-0.39, 0.29) is 6.10 Å². The maximum absolute atomic E-state index is 5.87. The molecule has 0 saturated carbocycles. The molecule has 116 valence electrons. The molecular weight excluding hydrogens is 262 g/mol. The van der Waals surface area contributed by atoms with Crippen molar-refractivity contribution in [1.82, 2.24) is 4.90 Å². The highest BCUT2D eigenvalue weighted by molar-refractivity contribution is 5.18. The lowest BCUT2D eigenvalue weighted by Gasteiger charge is -2.30.